The third kappa shape index (κ3) is 4.96. The van der Waals surface area contributed by atoms with Crippen molar-refractivity contribution in [1.29, 1.82) is 0 Å². The van der Waals surface area contributed by atoms with Crippen LogP contribution in [0, 0.1) is 0 Å². The molecule has 7 heteroatoms. The summed E-state index contributed by atoms with van der Waals surface area (Å²) in [5.41, 5.74) is 5.83. The Hall–Kier alpha value is -1.47. The summed E-state index contributed by atoms with van der Waals surface area (Å²) in [6, 6.07) is 0. The molecule has 0 radical (unpaired) electrons. The molecule has 0 aliphatic carbocycles. The van der Waals surface area contributed by atoms with Crippen molar-refractivity contribution in [3.8, 4) is 0 Å². The van der Waals surface area contributed by atoms with Crippen molar-refractivity contribution in [3.63, 3.8) is 0 Å². The number of nitrogens with two attached hydrogens (primary N) is 1. The monoisotopic (exact) mass is 268 g/mol. The maximum Gasteiger partial charge on any atom is 0.276 e. The Kier molecular flexibility index (Phi) is 6.44. The molecule has 0 bridgehead atoms. The van der Waals surface area contributed by atoms with Crippen LogP contribution in [0.15, 0.2) is 6.20 Å². The van der Waals surface area contributed by atoms with E-state index in [1.54, 1.807) is 15.8 Å². The fraction of sp³-hybridized carbons (Fsp3) is 0.750. The average Bonchev–Trinajstić information content (AvgIpc) is 2.82. The molecule has 1 heterocycles. The second-order valence-electron chi connectivity index (χ2n) is 4.70. The number of nitrogens with zero attached hydrogens (tertiary/aromatic N) is 5. The van der Waals surface area contributed by atoms with Crippen LogP contribution >= 0.6 is 0 Å². The van der Waals surface area contributed by atoms with Crippen LogP contribution in [-0.2, 0) is 6.54 Å². The summed E-state index contributed by atoms with van der Waals surface area (Å²) in [6.45, 7) is 5.40. The minimum absolute atomic E-state index is 0.0653. The molecule has 0 saturated carbocycles. The van der Waals surface area contributed by atoms with Gasteiger partial charge in [0.25, 0.3) is 5.91 Å². The SMILES string of the molecule is CCN(CCCN(C)C)C(=O)c1cn(CCN)nn1. The Morgan fingerprint density at radius 3 is 2.74 bits per heavy atom. The van der Waals surface area contributed by atoms with Gasteiger partial charge in [-0.15, -0.1) is 5.10 Å². The highest BCUT2D eigenvalue weighted by Crippen LogP contribution is 2.02. The zero-order chi connectivity index (χ0) is 14.3. The molecule has 1 aromatic heterocycles. The fourth-order valence-electron chi connectivity index (χ4n) is 1.78. The number of amides is 1. The molecule has 0 atom stereocenters. The normalized spacial score (nSPS) is 11.0. The Morgan fingerprint density at radius 1 is 1.42 bits per heavy atom. The lowest BCUT2D eigenvalue weighted by molar-refractivity contribution is 0.0753. The maximum atomic E-state index is 12.2. The second-order valence-corrected chi connectivity index (χ2v) is 4.70. The number of aromatic nitrogens is 3. The molecule has 0 fully saturated rings. The molecule has 2 N–H and O–H groups in total. The van der Waals surface area contributed by atoms with E-state index in [1.165, 1.54) is 0 Å². The highest BCUT2D eigenvalue weighted by Gasteiger charge is 2.17. The van der Waals surface area contributed by atoms with Crippen molar-refractivity contribution >= 4 is 5.91 Å². The van der Waals surface area contributed by atoms with Gasteiger partial charge in [-0.2, -0.15) is 0 Å². The van der Waals surface area contributed by atoms with Crippen LogP contribution in [0.5, 0.6) is 0 Å². The molecule has 1 amide bonds. The van der Waals surface area contributed by atoms with Gasteiger partial charge in [-0.3, -0.25) is 9.48 Å². The Morgan fingerprint density at radius 2 is 2.16 bits per heavy atom. The summed E-state index contributed by atoms with van der Waals surface area (Å²) < 4.78 is 1.60. The molecular formula is C12H24N6O. The van der Waals surface area contributed by atoms with E-state index >= 15 is 0 Å². The predicted octanol–water partition coefficient (Wildman–Crippen LogP) is -0.349. The van der Waals surface area contributed by atoms with E-state index in [0.29, 0.717) is 25.3 Å². The molecule has 1 aromatic rings. The summed E-state index contributed by atoms with van der Waals surface area (Å²) in [7, 11) is 4.05. The molecule has 0 aromatic carbocycles. The Balaban J connectivity index is 2.56. The molecule has 0 aliphatic heterocycles. The van der Waals surface area contributed by atoms with Gasteiger partial charge in [-0.25, -0.2) is 0 Å². The first kappa shape index (κ1) is 15.6. The van der Waals surface area contributed by atoms with Gasteiger partial charge in [0.15, 0.2) is 5.69 Å². The van der Waals surface area contributed by atoms with Crippen LogP contribution in [0.3, 0.4) is 0 Å². The smallest absolute Gasteiger partial charge is 0.276 e. The minimum Gasteiger partial charge on any atom is -0.337 e. The van der Waals surface area contributed by atoms with Crippen molar-refractivity contribution < 1.29 is 4.79 Å². The highest BCUT2D eigenvalue weighted by molar-refractivity contribution is 5.91. The van der Waals surface area contributed by atoms with Gasteiger partial charge in [0.2, 0.25) is 0 Å². The van der Waals surface area contributed by atoms with Gasteiger partial charge in [0.1, 0.15) is 0 Å². The van der Waals surface area contributed by atoms with Crippen LogP contribution in [0.2, 0.25) is 0 Å². The van der Waals surface area contributed by atoms with Gasteiger partial charge >= 0.3 is 0 Å². The van der Waals surface area contributed by atoms with Crippen molar-refractivity contribution in [1.82, 2.24) is 24.8 Å². The number of hydrogen-bond donors (Lipinski definition) is 1. The molecule has 108 valence electrons. The second kappa shape index (κ2) is 7.85. The quantitative estimate of drug-likeness (QED) is 0.697. The summed E-state index contributed by atoms with van der Waals surface area (Å²) in [5, 5.41) is 7.79. The van der Waals surface area contributed by atoms with Gasteiger partial charge in [0, 0.05) is 19.6 Å². The average molecular weight is 268 g/mol. The van der Waals surface area contributed by atoms with Crippen molar-refractivity contribution in [3.05, 3.63) is 11.9 Å². The molecule has 0 spiro atoms. The lowest BCUT2D eigenvalue weighted by Crippen LogP contribution is -2.33. The van der Waals surface area contributed by atoms with Crippen LogP contribution < -0.4 is 5.73 Å². The third-order valence-corrected chi connectivity index (χ3v) is 2.82. The molecule has 1 rings (SSSR count). The Labute approximate surface area is 114 Å². The third-order valence-electron chi connectivity index (χ3n) is 2.82. The number of rotatable bonds is 8. The zero-order valence-electron chi connectivity index (χ0n) is 12.0. The van der Waals surface area contributed by atoms with Gasteiger partial charge in [-0.1, -0.05) is 5.21 Å². The van der Waals surface area contributed by atoms with Crippen LogP contribution in [0.25, 0.3) is 0 Å². The van der Waals surface area contributed by atoms with Crippen LogP contribution in [-0.4, -0.2) is 71.0 Å². The van der Waals surface area contributed by atoms with E-state index in [4.69, 9.17) is 5.73 Å². The van der Waals surface area contributed by atoms with E-state index in [0.717, 1.165) is 19.5 Å². The summed E-state index contributed by atoms with van der Waals surface area (Å²) in [6.07, 6.45) is 2.60. The maximum absolute atomic E-state index is 12.2. The molecule has 0 saturated heterocycles. The first-order valence-corrected chi connectivity index (χ1v) is 6.62. The molecule has 7 nitrogen and oxygen atoms in total. The molecule has 19 heavy (non-hydrogen) atoms. The first-order valence-electron chi connectivity index (χ1n) is 6.62. The van der Waals surface area contributed by atoms with E-state index in [-0.39, 0.29) is 5.91 Å². The van der Waals surface area contributed by atoms with Crippen molar-refractivity contribution in [2.45, 2.75) is 19.9 Å². The van der Waals surface area contributed by atoms with E-state index in [1.807, 2.05) is 21.0 Å². The van der Waals surface area contributed by atoms with Crippen LogP contribution in [0.4, 0.5) is 0 Å². The summed E-state index contributed by atoms with van der Waals surface area (Å²) in [5.74, 6) is -0.0653. The fourth-order valence-corrected chi connectivity index (χ4v) is 1.78. The Bertz CT molecular complexity index is 389. The standard InChI is InChI=1S/C12H24N6O/c1-4-17(8-5-7-16(2)3)12(19)11-10-18(9-6-13)15-14-11/h10H,4-9,13H2,1-3H3. The zero-order valence-corrected chi connectivity index (χ0v) is 12.0. The summed E-state index contributed by atoms with van der Waals surface area (Å²) in [4.78, 5) is 16.1. The van der Waals surface area contributed by atoms with Crippen LogP contribution in [0.1, 0.15) is 23.8 Å². The molecule has 0 aliphatic rings. The first-order chi connectivity index (χ1) is 9.08. The molecular weight excluding hydrogens is 244 g/mol. The van der Waals surface area contributed by atoms with Crippen molar-refractivity contribution in [2.75, 3.05) is 40.3 Å². The number of carbonyl (C=O) groups is 1. The van der Waals surface area contributed by atoms with E-state index < -0.39 is 0 Å². The van der Waals surface area contributed by atoms with E-state index in [2.05, 4.69) is 15.2 Å². The van der Waals surface area contributed by atoms with Gasteiger partial charge in [-0.05, 0) is 34.0 Å². The van der Waals surface area contributed by atoms with Crippen molar-refractivity contribution in [2.24, 2.45) is 5.73 Å². The largest absolute Gasteiger partial charge is 0.337 e. The van der Waals surface area contributed by atoms with Gasteiger partial charge < -0.3 is 15.5 Å². The number of hydrogen-bond acceptors (Lipinski definition) is 5. The lowest BCUT2D eigenvalue weighted by Gasteiger charge is -2.20. The summed E-state index contributed by atoms with van der Waals surface area (Å²) >= 11 is 0. The minimum atomic E-state index is -0.0653. The number of carbonyl (C=O) groups excluding carboxylic acids is 1. The van der Waals surface area contributed by atoms with E-state index in [9.17, 15) is 4.79 Å². The highest BCUT2D eigenvalue weighted by atomic mass is 16.2. The topological polar surface area (TPSA) is 80.3 Å². The van der Waals surface area contributed by atoms with Gasteiger partial charge in [0.05, 0.1) is 12.7 Å². The molecule has 0 unspecified atom stereocenters. The predicted molar refractivity (Wildman–Crippen MR) is 73.8 cm³/mol. The lowest BCUT2D eigenvalue weighted by atomic mass is 10.3.